The van der Waals surface area contributed by atoms with E-state index < -0.39 is 23.2 Å². The molecule has 0 bridgehead atoms. The summed E-state index contributed by atoms with van der Waals surface area (Å²) < 4.78 is 60.6. The largest absolute Gasteiger partial charge is 0.497 e. The zero-order valence-corrected chi connectivity index (χ0v) is 19.3. The van der Waals surface area contributed by atoms with Crippen molar-refractivity contribution in [3.63, 3.8) is 0 Å². The number of ether oxygens (including phenoxy) is 1. The van der Waals surface area contributed by atoms with Crippen molar-refractivity contribution in [2.75, 3.05) is 41.9 Å². The first-order valence-electron chi connectivity index (χ1n) is 10.7. The summed E-state index contributed by atoms with van der Waals surface area (Å²) in [6, 6.07) is 11.0. The second-order valence-electron chi connectivity index (χ2n) is 8.73. The lowest BCUT2D eigenvalue weighted by molar-refractivity contribution is -0.139. The maximum Gasteiger partial charge on any atom is 0.421 e. The Morgan fingerprint density at radius 2 is 1.76 bits per heavy atom. The third-order valence-corrected chi connectivity index (χ3v) is 5.86. The van der Waals surface area contributed by atoms with Gasteiger partial charge in [-0.3, -0.25) is 0 Å². The summed E-state index contributed by atoms with van der Waals surface area (Å²) >= 11 is 0. The van der Waals surface area contributed by atoms with E-state index in [1.54, 1.807) is 14.2 Å². The first-order valence-corrected chi connectivity index (χ1v) is 10.7. The van der Waals surface area contributed by atoms with Crippen molar-refractivity contribution in [2.45, 2.75) is 25.6 Å². The topological polar surface area (TPSA) is 58.5 Å². The predicted molar refractivity (Wildman–Crippen MR) is 122 cm³/mol. The van der Waals surface area contributed by atoms with E-state index in [0.29, 0.717) is 25.6 Å². The van der Waals surface area contributed by atoms with Crippen molar-refractivity contribution in [2.24, 2.45) is 7.05 Å². The Kier molecular flexibility index (Phi) is 6.05. The highest BCUT2D eigenvalue weighted by Crippen LogP contribution is 2.38. The number of hydrogen-bond donors (Lipinski definition) is 1. The second kappa shape index (κ2) is 8.69. The number of anilines is 4. The zero-order chi connectivity index (χ0) is 24.7. The normalized spacial score (nSPS) is 16.0. The average molecular weight is 478 g/mol. The average Bonchev–Trinajstić information content (AvgIpc) is 3.12. The third kappa shape index (κ3) is 4.59. The lowest BCUT2D eigenvalue weighted by Crippen LogP contribution is -2.60. The quantitative estimate of drug-likeness (QED) is 0.530. The van der Waals surface area contributed by atoms with Crippen molar-refractivity contribution in [3.8, 4) is 5.75 Å². The van der Waals surface area contributed by atoms with Crippen LogP contribution in [0.2, 0.25) is 0 Å². The first kappa shape index (κ1) is 23.7. The number of nitrogens with zero attached hydrogens (tertiary/aromatic N) is 5. The molecule has 182 valence electrons. The molecule has 34 heavy (non-hydrogen) atoms. The van der Waals surface area contributed by atoms with Gasteiger partial charge in [-0.05, 0) is 50.2 Å². The Morgan fingerprint density at radius 1 is 1.06 bits per heavy atom. The van der Waals surface area contributed by atoms with E-state index in [9.17, 15) is 17.6 Å². The van der Waals surface area contributed by atoms with Gasteiger partial charge in [-0.2, -0.15) is 18.2 Å². The second-order valence-corrected chi connectivity index (χ2v) is 8.73. The molecule has 2 heterocycles. The van der Waals surface area contributed by atoms with E-state index >= 15 is 0 Å². The third-order valence-electron chi connectivity index (χ3n) is 5.86. The van der Waals surface area contributed by atoms with Crippen molar-refractivity contribution in [1.29, 1.82) is 0 Å². The number of aryl methyl sites for hydroxylation is 1. The number of piperazine rings is 1. The van der Waals surface area contributed by atoms with E-state index in [1.807, 2.05) is 29.2 Å². The molecule has 1 aliphatic heterocycles. The minimum Gasteiger partial charge on any atom is -0.497 e. The van der Waals surface area contributed by atoms with Gasteiger partial charge in [0.2, 0.25) is 11.9 Å². The summed E-state index contributed by atoms with van der Waals surface area (Å²) in [4.78, 5) is 8.68. The van der Waals surface area contributed by atoms with Crippen LogP contribution in [0.4, 0.5) is 40.8 Å². The number of halogens is 4. The van der Waals surface area contributed by atoms with Crippen molar-refractivity contribution in [3.05, 3.63) is 53.8 Å². The van der Waals surface area contributed by atoms with E-state index in [0.717, 1.165) is 23.6 Å². The molecule has 0 radical (unpaired) electrons. The van der Waals surface area contributed by atoms with Crippen molar-refractivity contribution >= 4 is 23.3 Å². The van der Waals surface area contributed by atoms with Crippen LogP contribution in [-0.4, -0.2) is 47.0 Å². The number of hydrogen-bond acceptors (Lipinski definition) is 6. The van der Waals surface area contributed by atoms with Gasteiger partial charge in [-0.15, -0.1) is 5.10 Å². The van der Waals surface area contributed by atoms with Crippen LogP contribution in [0.15, 0.2) is 42.5 Å². The van der Waals surface area contributed by atoms with Crippen LogP contribution in [0.5, 0.6) is 5.75 Å². The summed E-state index contributed by atoms with van der Waals surface area (Å²) in [6.07, 6.45) is -4.85. The number of benzene rings is 2. The Labute approximate surface area is 194 Å². The molecule has 0 aliphatic carbocycles. The summed E-state index contributed by atoms with van der Waals surface area (Å²) in [6.45, 7) is 6.12. The molecule has 0 spiro atoms. The van der Waals surface area contributed by atoms with Crippen LogP contribution in [0.25, 0.3) is 0 Å². The Morgan fingerprint density at radius 3 is 2.38 bits per heavy atom. The van der Waals surface area contributed by atoms with Crippen LogP contribution in [0.3, 0.4) is 0 Å². The molecule has 3 aromatic rings. The summed E-state index contributed by atoms with van der Waals surface area (Å²) in [7, 11) is 3.20. The van der Waals surface area contributed by atoms with E-state index in [1.165, 1.54) is 10.7 Å². The molecule has 0 unspecified atom stereocenters. The standard InChI is InChI=1S/C23H26F4N6O/c1-22(2)14-32(12-13-33(22)15-8-10-16(34-4)11-9-15)21-29-20(31(3)30-21)28-18-7-5-6-17(24)19(18)23(25,26)27/h5-11H,12-14H2,1-4H3,(H,28,29,30). The molecule has 0 saturated carbocycles. The van der Waals surface area contributed by atoms with Gasteiger partial charge in [0.25, 0.3) is 0 Å². The molecule has 0 amide bonds. The molecular formula is C23H26F4N6O. The molecule has 4 rings (SSSR count). The van der Waals surface area contributed by atoms with Gasteiger partial charge >= 0.3 is 6.18 Å². The Balaban J connectivity index is 1.54. The van der Waals surface area contributed by atoms with Gasteiger partial charge in [0.1, 0.15) is 17.1 Å². The summed E-state index contributed by atoms with van der Waals surface area (Å²) in [5.41, 5.74) is -0.994. The lowest BCUT2D eigenvalue weighted by atomic mass is 9.98. The molecule has 2 aromatic carbocycles. The van der Waals surface area contributed by atoms with Crippen LogP contribution in [-0.2, 0) is 13.2 Å². The maximum absolute atomic E-state index is 13.9. The fourth-order valence-corrected chi connectivity index (χ4v) is 4.22. The minimum absolute atomic E-state index is 0.0847. The van der Waals surface area contributed by atoms with E-state index in [2.05, 4.69) is 34.1 Å². The zero-order valence-electron chi connectivity index (χ0n) is 19.3. The smallest absolute Gasteiger partial charge is 0.421 e. The Hall–Kier alpha value is -3.50. The number of aromatic nitrogens is 3. The van der Waals surface area contributed by atoms with E-state index in [-0.39, 0.29) is 11.5 Å². The molecular weight excluding hydrogens is 452 g/mol. The van der Waals surface area contributed by atoms with Gasteiger partial charge in [0.15, 0.2) is 0 Å². The molecule has 1 aromatic heterocycles. The van der Waals surface area contributed by atoms with Gasteiger partial charge < -0.3 is 19.9 Å². The number of nitrogens with one attached hydrogen (secondary N) is 1. The predicted octanol–water partition coefficient (Wildman–Crippen LogP) is 4.83. The van der Waals surface area contributed by atoms with Crippen LogP contribution < -0.4 is 19.9 Å². The maximum atomic E-state index is 13.9. The first-order chi connectivity index (χ1) is 16.0. The minimum atomic E-state index is -4.85. The van der Waals surface area contributed by atoms with Crippen molar-refractivity contribution in [1.82, 2.24) is 14.8 Å². The van der Waals surface area contributed by atoms with Crippen LogP contribution >= 0.6 is 0 Å². The number of alkyl halides is 3. The monoisotopic (exact) mass is 478 g/mol. The number of methoxy groups -OCH3 is 1. The molecule has 11 heteroatoms. The summed E-state index contributed by atoms with van der Waals surface area (Å²) in [5, 5.41) is 6.98. The van der Waals surface area contributed by atoms with Gasteiger partial charge in [-0.1, -0.05) is 6.07 Å². The highest BCUT2D eigenvalue weighted by atomic mass is 19.4. The molecule has 7 nitrogen and oxygen atoms in total. The van der Waals surface area contributed by atoms with Crippen LogP contribution in [0, 0.1) is 5.82 Å². The molecule has 1 N–H and O–H groups in total. The lowest BCUT2D eigenvalue weighted by Gasteiger charge is -2.48. The van der Waals surface area contributed by atoms with Gasteiger partial charge in [0, 0.05) is 32.4 Å². The number of rotatable bonds is 5. The van der Waals surface area contributed by atoms with Crippen LogP contribution in [0.1, 0.15) is 19.4 Å². The van der Waals surface area contributed by atoms with Crippen molar-refractivity contribution < 1.29 is 22.3 Å². The molecule has 0 atom stereocenters. The highest BCUT2D eigenvalue weighted by molar-refractivity contribution is 5.61. The SMILES string of the molecule is COc1ccc(N2CCN(c3nc(Nc4cccc(F)c4C(F)(F)F)n(C)n3)CC2(C)C)cc1. The van der Waals surface area contributed by atoms with Gasteiger partial charge in [0.05, 0.1) is 18.3 Å². The molecule has 1 saturated heterocycles. The molecule has 1 fully saturated rings. The fraction of sp³-hybridized carbons (Fsp3) is 0.391. The Bertz CT molecular complexity index is 1160. The highest BCUT2D eigenvalue weighted by Gasteiger charge is 2.38. The fourth-order valence-electron chi connectivity index (χ4n) is 4.22. The van der Waals surface area contributed by atoms with E-state index in [4.69, 9.17) is 4.74 Å². The summed E-state index contributed by atoms with van der Waals surface area (Å²) in [5.74, 6) is -0.0971. The van der Waals surface area contributed by atoms with Gasteiger partial charge in [-0.25, -0.2) is 9.07 Å². The molecule has 1 aliphatic rings.